The van der Waals surface area contributed by atoms with Crippen LogP contribution < -0.4 is 5.84 Å². The Hall–Kier alpha value is -1.06. The van der Waals surface area contributed by atoms with Crippen molar-refractivity contribution >= 4 is 0 Å². The fraction of sp³-hybridized carbons (Fsp3) is 0.500. The summed E-state index contributed by atoms with van der Waals surface area (Å²) in [7, 11) is 1.72. The minimum Gasteiger partial charge on any atom is -0.303 e. The summed E-state index contributed by atoms with van der Waals surface area (Å²) in [5, 5.41) is 7.99. The molecule has 0 heterocycles. The molecule has 0 aliphatic heterocycles. The Morgan fingerprint density at radius 2 is 2.25 bits per heavy atom. The zero-order valence-corrected chi connectivity index (χ0v) is 5.13. The molecule has 0 spiro atoms. The Labute approximate surface area is 48.6 Å². The largest absolute Gasteiger partial charge is 0.303 e. The molecule has 0 saturated heterocycles. The normalized spacial score (nSPS) is 9.75. The van der Waals surface area contributed by atoms with Gasteiger partial charge in [0.25, 0.3) is 0 Å². The van der Waals surface area contributed by atoms with Crippen LogP contribution in [0.5, 0.6) is 0 Å². The summed E-state index contributed by atoms with van der Waals surface area (Å²) in [5.74, 6) is 4.74. The molecular weight excluding hydrogens is 104 g/mol. The summed E-state index contributed by atoms with van der Waals surface area (Å²) < 4.78 is 0. The first-order valence-corrected chi connectivity index (χ1v) is 2.18. The van der Waals surface area contributed by atoms with Crippen LogP contribution in [0, 0.1) is 0 Å². The van der Waals surface area contributed by atoms with Crippen LogP contribution in [-0.4, -0.2) is 12.1 Å². The molecule has 0 aromatic rings. The van der Waals surface area contributed by atoms with Gasteiger partial charge in [0.05, 0.1) is 0 Å². The Morgan fingerprint density at radius 3 is 2.38 bits per heavy atom. The predicted octanol–water partition coefficient (Wildman–Crippen LogP) is 0.693. The number of nitrogens with zero attached hydrogens (tertiary/aromatic N) is 3. The summed E-state index contributed by atoms with van der Waals surface area (Å²) in [6.07, 6.45) is 0. The van der Waals surface area contributed by atoms with Crippen LogP contribution in [-0.2, 0) is 0 Å². The molecule has 4 nitrogen and oxygen atoms in total. The maximum absolute atomic E-state index is 4.74. The lowest BCUT2D eigenvalue weighted by Crippen LogP contribution is -2.05. The number of hydrogen-bond donors (Lipinski definition) is 1. The van der Waals surface area contributed by atoms with Gasteiger partial charge in [-0.2, -0.15) is 0 Å². The van der Waals surface area contributed by atoms with Crippen molar-refractivity contribution in [3.63, 3.8) is 0 Å². The first kappa shape index (κ1) is 6.94. The first-order chi connectivity index (χ1) is 3.68. The number of nitrogens with two attached hydrogens (primary N) is 1. The maximum atomic E-state index is 4.74. The van der Waals surface area contributed by atoms with E-state index in [1.165, 1.54) is 5.01 Å². The van der Waals surface area contributed by atoms with Crippen molar-refractivity contribution < 1.29 is 0 Å². The third kappa shape index (κ3) is 2.17. The van der Waals surface area contributed by atoms with Gasteiger partial charge in [-0.25, -0.2) is 0 Å². The van der Waals surface area contributed by atoms with E-state index < -0.39 is 0 Å². The minimum atomic E-state index is 0.805. The van der Waals surface area contributed by atoms with E-state index in [-0.39, 0.29) is 0 Å². The summed E-state index contributed by atoms with van der Waals surface area (Å²) in [6, 6.07) is 0. The summed E-state index contributed by atoms with van der Waals surface area (Å²) in [6.45, 7) is 5.40. The van der Waals surface area contributed by atoms with Crippen molar-refractivity contribution in [2.24, 2.45) is 16.3 Å². The highest BCUT2D eigenvalue weighted by atomic mass is 15.6. The number of rotatable bonds is 2. The minimum absolute atomic E-state index is 0.805. The lowest BCUT2D eigenvalue weighted by molar-refractivity contribution is 0.411. The summed E-state index contributed by atoms with van der Waals surface area (Å²) in [4.78, 5) is 0. The highest BCUT2D eigenvalue weighted by Crippen LogP contribution is 1.94. The molecule has 8 heavy (non-hydrogen) atoms. The quantitative estimate of drug-likeness (QED) is 0.326. The van der Waals surface area contributed by atoms with E-state index in [0.717, 1.165) is 5.70 Å². The zero-order chi connectivity index (χ0) is 6.57. The first-order valence-electron chi connectivity index (χ1n) is 2.18. The van der Waals surface area contributed by atoms with Crippen LogP contribution >= 0.6 is 0 Å². The van der Waals surface area contributed by atoms with Gasteiger partial charge in [0.2, 0.25) is 0 Å². The van der Waals surface area contributed by atoms with Gasteiger partial charge in [-0.3, -0.25) is 5.01 Å². The van der Waals surface area contributed by atoms with Gasteiger partial charge in [-0.15, -0.1) is 0 Å². The molecule has 2 N–H and O–H groups in total. The van der Waals surface area contributed by atoms with E-state index in [2.05, 4.69) is 17.0 Å². The molecule has 0 aliphatic carbocycles. The van der Waals surface area contributed by atoms with E-state index in [1.54, 1.807) is 7.05 Å². The van der Waals surface area contributed by atoms with E-state index in [1.807, 2.05) is 6.92 Å². The van der Waals surface area contributed by atoms with Crippen molar-refractivity contribution in [3.8, 4) is 0 Å². The highest BCUT2D eigenvalue weighted by Gasteiger charge is 1.87. The molecule has 0 rings (SSSR count). The molecular formula is C4H10N4. The topological polar surface area (TPSA) is 54.0 Å². The summed E-state index contributed by atoms with van der Waals surface area (Å²) in [5.41, 5.74) is 0.805. The molecule has 0 aliphatic rings. The van der Waals surface area contributed by atoms with Gasteiger partial charge in [0.15, 0.2) is 0 Å². The average Bonchev–Trinajstić information content (AvgIpc) is 1.67. The molecule has 46 valence electrons. The third-order valence-electron chi connectivity index (χ3n) is 0.738. The van der Waals surface area contributed by atoms with Crippen LogP contribution in [0.4, 0.5) is 0 Å². The van der Waals surface area contributed by atoms with Crippen molar-refractivity contribution in [3.05, 3.63) is 12.3 Å². The molecule has 0 unspecified atom stereocenters. The highest BCUT2D eigenvalue weighted by molar-refractivity contribution is 4.82. The van der Waals surface area contributed by atoms with Crippen molar-refractivity contribution in [2.45, 2.75) is 6.92 Å². The second-order valence-corrected chi connectivity index (χ2v) is 1.46. The Bertz CT molecular complexity index is 107. The van der Waals surface area contributed by atoms with E-state index in [9.17, 15) is 0 Å². The Morgan fingerprint density at radius 1 is 1.75 bits per heavy atom. The standard InChI is InChI=1S/C4H10N4/c1-4(2)8(3)7-6-5/h1H2,2-3H3,(H2,5,7). The smallest absolute Gasteiger partial charge is 0.0317 e. The van der Waals surface area contributed by atoms with Crippen molar-refractivity contribution in [2.75, 3.05) is 7.05 Å². The monoisotopic (exact) mass is 114 g/mol. The summed E-state index contributed by atoms with van der Waals surface area (Å²) >= 11 is 0. The Balaban J connectivity index is 3.64. The lowest BCUT2D eigenvalue weighted by Gasteiger charge is -2.07. The molecule has 0 aromatic carbocycles. The number of hydrogen-bond acceptors (Lipinski definition) is 2. The van der Waals surface area contributed by atoms with E-state index in [4.69, 9.17) is 5.84 Å². The fourth-order valence-electron chi connectivity index (χ4n) is 0.154. The van der Waals surface area contributed by atoms with E-state index in [0.29, 0.717) is 0 Å². The molecule has 0 bridgehead atoms. The predicted molar refractivity (Wildman–Crippen MR) is 31.6 cm³/mol. The second kappa shape index (κ2) is 3.01. The molecule has 0 aromatic heterocycles. The van der Waals surface area contributed by atoms with Crippen LogP contribution in [0.1, 0.15) is 6.92 Å². The molecule has 0 amide bonds. The zero-order valence-electron chi connectivity index (χ0n) is 5.13. The van der Waals surface area contributed by atoms with Gasteiger partial charge in [-0.1, -0.05) is 11.8 Å². The molecule has 4 heteroatoms. The lowest BCUT2D eigenvalue weighted by atomic mass is 10.6. The van der Waals surface area contributed by atoms with Gasteiger partial charge in [0, 0.05) is 12.7 Å². The maximum Gasteiger partial charge on any atom is 0.0317 e. The van der Waals surface area contributed by atoms with Gasteiger partial charge >= 0.3 is 0 Å². The van der Waals surface area contributed by atoms with Gasteiger partial charge in [0.1, 0.15) is 0 Å². The van der Waals surface area contributed by atoms with Crippen LogP contribution in [0.2, 0.25) is 0 Å². The molecule has 0 saturated carbocycles. The SMILES string of the molecule is C=C(C)N(C)/N=N\N. The fourth-order valence-corrected chi connectivity index (χ4v) is 0.154. The Kier molecular flexibility index (Phi) is 2.61. The molecule has 0 atom stereocenters. The van der Waals surface area contributed by atoms with Gasteiger partial charge in [-0.05, 0) is 12.1 Å². The second-order valence-electron chi connectivity index (χ2n) is 1.46. The average molecular weight is 114 g/mol. The molecule has 0 radical (unpaired) electrons. The van der Waals surface area contributed by atoms with Gasteiger partial charge < -0.3 is 5.84 Å². The number of allylic oxidation sites excluding steroid dienone is 1. The van der Waals surface area contributed by atoms with Crippen LogP contribution in [0.3, 0.4) is 0 Å². The van der Waals surface area contributed by atoms with Crippen LogP contribution in [0.25, 0.3) is 0 Å². The van der Waals surface area contributed by atoms with Crippen LogP contribution in [0.15, 0.2) is 22.7 Å². The van der Waals surface area contributed by atoms with E-state index >= 15 is 0 Å². The van der Waals surface area contributed by atoms with Crippen molar-refractivity contribution in [1.29, 1.82) is 0 Å². The molecule has 0 fully saturated rings. The van der Waals surface area contributed by atoms with Crippen molar-refractivity contribution in [1.82, 2.24) is 5.01 Å². The third-order valence-corrected chi connectivity index (χ3v) is 0.738.